The topological polar surface area (TPSA) is 87.5 Å². The number of aliphatic hydroxyl groups excluding tert-OH is 2. The Morgan fingerprint density at radius 1 is 1.65 bits per heavy atom. The molecule has 6 nitrogen and oxygen atoms in total. The molecule has 0 radical (unpaired) electrons. The van der Waals surface area contributed by atoms with Gasteiger partial charge in [-0.1, -0.05) is 18.1 Å². The van der Waals surface area contributed by atoms with E-state index in [0.29, 0.717) is 4.57 Å². The van der Waals surface area contributed by atoms with E-state index < -0.39 is 36.2 Å². The van der Waals surface area contributed by atoms with Gasteiger partial charge in [-0.25, -0.2) is 13.6 Å². The van der Waals surface area contributed by atoms with Crippen LogP contribution in [0.3, 0.4) is 0 Å². The summed E-state index contributed by atoms with van der Waals surface area (Å²) in [5.41, 5.74) is -3.92. The van der Waals surface area contributed by atoms with Gasteiger partial charge in [0.1, 0.15) is 11.2 Å². The molecule has 0 spiro atoms. The van der Waals surface area contributed by atoms with Gasteiger partial charge in [0.2, 0.25) is 5.67 Å². The van der Waals surface area contributed by atoms with Crippen LogP contribution in [0.2, 0.25) is 0 Å². The Kier molecular flexibility index (Phi) is 3.51. The minimum absolute atomic E-state index is 0.0728. The normalized spacial score (nSPS) is 36.8. The molecular weight excluding hydrogens is 294 g/mol. The third-order valence-corrected chi connectivity index (χ3v) is 3.25. The fraction of sp³-hybridized carbons (Fsp3) is 0.455. The number of hydrogen-bond acceptors (Lipinski definition) is 5. The highest BCUT2D eigenvalue weighted by molar-refractivity contribution is 7.71. The number of halogens is 2. The lowest BCUT2D eigenvalue weighted by atomic mass is 9.96. The molecule has 4 unspecified atom stereocenters. The van der Waals surface area contributed by atoms with Crippen LogP contribution in [0.4, 0.5) is 8.78 Å². The minimum atomic E-state index is -3.11. The first-order chi connectivity index (χ1) is 9.28. The van der Waals surface area contributed by atoms with Crippen LogP contribution >= 0.6 is 12.2 Å². The second-order valence-corrected chi connectivity index (χ2v) is 4.69. The smallest absolute Gasteiger partial charge is 0.328 e. The first-order valence-corrected chi connectivity index (χ1v) is 5.83. The van der Waals surface area contributed by atoms with Crippen molar-refractivity contribution in [3.05, 3.63) is 27.4 Å². The van der Waals surface area contributed by atoms with E-state index in [9.17, 15) is 18.7 Å². The van der Waals surface area contributed by atoms with Gasteiger partial charge in [0.25, 0.3) is 5.85 Å². The average Bonchev–Trinajstić information content (AvgIpc) is 2.62. The van der Waals surface area contributed by atoms with E-state index in [1.807, 2.05) is 0 Å². The second-order valence-electron chi connectivity index (χ2n) is 4.25. The van der Waals surface area contributed by atoms with Crippen molar-refractivity contribution >= 4 is 12.2 Å². The number of nitrogens with zero attached hydrogens (tertiary/aromatic N) is 1. The zero-order valence-electron chi connectivity index (χ0n) is 9.92. The molecule has 1 aliphatic heterocycles. The number of rotatable bonds is 2. The number of nitrogens with one attached hydrogen (secondary N) is 1. The molecule has 1 aromatic heterocycles. The number of ether oxygens (including phenoxy) is 1. The number of aromatic amines is 1. The maximum absolute atomic E-state index is 14.6. The first-order valence-electron chi connectivity index (χ1n) is 5.42. The van der Waals surface area contributed by atoms with Gasteiger partial charge in [0.05, 0.1) is 0 Å². The molecule has 1 aromatic rings. The number of terminal acetylenes is 1. The predicted octanol–water partition coefficient (Wildman–Crippen LogP) is -0.205. The quantitative estimate of drug-likeness (QED) is 0.520. The van der Waals surface area contributed by atoms with Gasteiger partial charge in [-0.3, -0.25) is 9.55 Å². The third kappa shape index (κ3) is 1.97. The zero-order valence-corrected chi connectivity index (χ0v) is 10.7. The van der Waals surface area contributed by atoms with E-state index in [1.54, 1.807) is 5.92 Å². The molecule has 108 valence electrons. The van der Waals surface area contributed by atoms with Gasteiger partial charge in [-0.05, 0) is 6.07 Å². The van der Waals surface area contributed by atoms with E-state index in [-0.39, 0.29) is 4.64 Å². The second kappa shape index (κ2) is 4.75. The Morgan fingerprint density at radius 2 is 2.30 bits per heavy atom. The minimum Gasteiger partial charge on any atom is -0.390 e. The van der Waals surface area contributed by atoms with Gasteiger partial charge in [-0.15, -0.1) is 6.42 Å². The fourth-order valence-corrected chi connectivity index (χ4v) is 2.08. The van der Waals surface area contributed by atoms with Crippen molar-refractivity contribution in [1.29, 1.82) is 0 Å². The lowest BCUT2D eigenvalue weighted by molar-refractivity contribution is -0.207. The van der Waals surface area contributed by atoms with Gasteiger partial charge < -0.3 is 14.9 Å². The van der Waals surface area contributed by atoms with Crippen LogP contribution in [0.1, 0.15) is 6.23 Å². The van der Waals surface area contributed by atoms with Crippen molar-refractivity contribution in [2.45, 2.75) is 23.9 Å². The van der Waals surface area contributed by atoms with Crippen molar-refractivity contribution in [1.82, 2.24) is 9.55 Å². The summed E-state index contributed by atoms with van der Waals surface area (Å²) < 4.78 is 34.0. The van der Waals surface area contributed by atoms with Crippen molar-refractivity contribution in [3.63, 3.8) is 0 Å². The van der Waals surface area contributed by atoms with Crippen LogP contribution in [0.5, 0.6) is 0 Å². The van der Waals surface area contributed by atoms with E-state index in [0.717, 1.165) is 6.20 Å². The van der Waals surface area contributed by atoms with Crippen LogP contribution in [0.25, 0.3) is 0 Å². The molecule has 2 heterocycles. The molecule has 0 amide bonds. The summed E-state index contributed by atoms with van der Waals surface area (Å²) in [4.78, 5) is 13.9. The summed E-state index contributed by atoms with van der Waals surface area (Å²) in [5, 5.41) is 18.5. The molecule has 3 N–H and O–H groups in total. The molecular formula is C11H10F2N2O4S. The number of H-pyrrole nitrogens is 1. The molecule has 0 aliphatic carbocycles. The fourth-order valence-electron chi connectivity index (χ4n) is 1.93. The molecule has 20 heavy (non-hydrogen) atoms. The van der Waals surface area contributed by atoms with Crippen molar-refractivity contribution < 1.29 is 23.7 Å². The monoisotopic (exact) mass is 304 g/mol. The standard InChI is InChI=1S/C11H10F2N2O4S/c1-2-10(12)7(17)11(13,5-16)19-8(10)15-4-3-6(20)14-9(15)18/h1,3-4,7-8,16-17H,5H2,(H,14,18,20). The Balaban J connectivity index is 2.59. The molecule has 4 atom stereocenters. The van der Waals surface area contributed by atoms with Crippen molar-refractivity contribution in [2.75, 3.05) is 6.61 Å². The highest BCUT2D eigenvalue weighted by Crippen LogP contribution is 2.46. The van der Waals surface area contributed by atoms with E-state index in [4.69, 9.17) is 23.7 Å². The van der Waals surface area contributed by atoms with Crippen LogP contribution in [0, 0.1) is 17.0 Å². The summed E-state index contributed by atoms with van der Waals surface area (Å²) in [5.74, 6) is -1.54. The van der Waals surface area contributed by atoms with E-state index in [1.165, 1.54) is 6.07 Å². The Labute approximate surface area is 116 Å². The largest absolute Gasteiger partial charge is 0.390 e. The predicted molar refractivity (Wildman–Crippen MR) is 65.6 cm³/mol. The highest BCUT2D eigenvalue weighted by Gasteiger charge is 2.66. The molecule has 1 aliphatic rings. The summed E-state index contributed by atoms with van der Waals surface area (Å²) >= 11 is 4.70. The summed E-state index contributed by atoms with van der Waals surface area (Å²) in [6, 6.07) is 1.24. The number of hydrogen-bond donors (Lipinski definition) is 3. The SMILES string of the molecule is C#CC1(F)C(n2ccc(=S)[nH]c2=O)OC(F)(CO)C1O. The third-order valence-electron chi connectivity index (χ3n) is 3.01. The summed E-state index contributed by atoms with van der Waals surface area (Å²) in [6.07, 6.45) is 1.63. The van der Waals surface area contributed by atoms with Crippen LogP contribution < -0.4 is 5.69 Å². The molecule has 1 fully saturated rings. The molecule has 2 rings (SSSR count). The summed E-state index contributed by atoms with van der Waals surface area (Å²) in [6.45, 7) is -1.32. The molecule has 0 bridgehead atoms. The van der Waals surface area contributed by atoms with Crippen molar-refractivity contribution in [2.24, 2.45) is 0 Å². The van der Waals surface area contributed by atoms with Gasteiger partial charge in [-0.2, -0.15) is 0 Å². The average molecular weight is 304 g/mol. The van der Waals surface area contributed by atoms with Crippen LogP contribution in [-0.2, 0) is 4.74 Å². The molecule has 1 saturated heterocycles. The van der Waals surface area contributed by atoms with Gasteiger partial charge in [0.15, 0.2) is 12.3 Å². The van der Waals surface area contributed by atoms with Gasteiger partial charge in [0, 0.05) is 6.20 Å². The lowest BCUT2D eigenvalue weighted by Gasteiger charge is -2.23. The number of alkyl halides is 2. The van der Waals surface area contributed by atoms with Crippen molar-refractivity contribution in [3.8, 4) is 12.3 Å². The number of aromatic nitrogens is 2. The van der Waals surface area contributed by atoms with Crippen LogP contribution in [0.15, 0.2) is 17.1 Å². The number of aliphatic hydroxyl groups is 2. The Bertz CT molecular complexity index is 684. The molecule has 9 heteroatoms. The zero-order chi connectivity index (χ0) is 15.1. The lowest BCUT2D eigenvalue weighted by Crippen LogP contribution is -2.47. The van der Waals surface area contributed by atoms with E-state index in [2.05, 4.69) is 9.72 Å². The Hall–Kier alpha value is -1.60. The molecule has 0 aromatic carbocycles. The first kappa shape index (κ1) is 14.8. The summed E-state index contributed by atoms with van der Waals surface area (Å²) in [7, 11) is 0. The van der Waals surface area contributed by atoms with Crippen LogP contribution in [-0.4, -0.2) is 44.0 Å². The maximum Gasteiger partial charge on any atom is 0.328 e. The molecule has 0 saturated carbocycles. The maximum atomic E-state index is 14.6. The Morgan fingerprint density at radius 3 is 2.80 bits per heavy atom. The van der Waals surface area contributed by atoms with Gasteiger partial charge >= 0.3 is 5.69 Å². The van der Waals surface area contributed by atoms with E-state index >= 15 is 0 Å². The highest BCUT2D eigenvalue weighted by atomic mass is 32.1.